The third-order valence-corrected chi connectivity index (χ3v) is 4.44. The molecular weight excluding hydrogens is 404 g/mol. The van der Waals surface area contributed by atoms with Crippen molar-refractivity contribution >= 4 is 5.78 Å². The van der Waals surface area contributed by atoms with Gasteiger partial charge in [0.15, 0.2) is 5.78 Å². The van der Waals surface area contributed by atoms with Gasteiger partial charge in [0.2, 0.25) is 0 Å². The highest BCUT2D eigenvalue weighted by atomic mass is 16.5. The van der Waals surface area contributed by atoms with Gasteiger partial charge in [0.25, 0.3) is 0 Å². The Hall–Kier alpha value is -3.73. The molecule has 0 aliphatic carbocycles. The van der Waals surface area contributed by atoms with Gasteiger partial charge >= 0.3 is 0 Å². The number of hydrogen-bond acceptors (Lipinski definition) is 5. The molecular formula is C27H30O5. The van der Waals surface area contributed by atoms with Gasteiger partial charge < -0.3 is 18.9 Å². The summed E-state index contributed by atoms with van der Waals surface area (Å²) in [6.45, 7) is 20.2. The Balaban J connectivity index is 1.81. The van der Waals surface area contributed by atoms with Crippen molar-refractivity contribution in [3.8, 4) is 11.5 Å². The number of ketones is 1. The lowest BCUT2D eigenvalue weighted by Crippen LogP contribution is -2.07. The second kappa shape index (κ2) is 12.2. The molecule has 2 rings (SSSR count). The second-order valence-corrected chi connectivity index (χ2v) is 7.18. The number of ether oxygens (including phenoxy) is 4. The summed E-state index contributed by atoms with van der Waals surface area (Å²) in [7, 11) is 0. The van der Waals surface area contributed by atoms with E-state index in [0.29, 0.717) is 60.6 Å². The van der Waals surface area contributed by atoms with E-state index >= 15 is 0 Å². The summed E-state index contributed by atoms with van der Waals surface area (Å²) in [4.78, 5) is 12.7. The molecule has 0 saturated heterocycles. The zero-order chi connectivity index (χ0) is 23.5. The fourth-order valence-corrected chi connectivity index (χ4v) is 2.47. The van der Waals surface area contributed by atoms with Gasteiger partial charge in [0.05, 0.1) is 0 Å². The topological polar surface area (TPSA) is 54.0 Å². The molecule has 5 nitrogen and oxygen atoms in total. The van der Waals surface area contributed by atoms with E-state index in [1.165, 1.54) is 0 Å². The molecule has 0 atom stereocenters. The maximum Gasteiger partial charge on any atom is 0.193 e. The molecule has 2 aromatic carbocycles. The lowest BCUT2D eigenvalue weighted by Gasteiger charge is -2.11. The average Bonchev–Trinajstić information content (AvgIpc) is 2.79. The molecule has 0 N–H and O–H groups in total. The van der Waals surface area contributed by atoms with Crippen molar-refractivity contribution in [3.63, 3.8) is 0 Å². The van der Waals surface area contributed by atoms with Crippen LogP contribution in [-0.4, -0.2) is 32.2 Å². The van der Waals surface area contributed by atoms with Crippen LogP contribution in [0.5, 0.6) is 11.5 Å². The molecule has 0 radical (unpaired) electrons. The molecule has 0 amide bonds. The van der Waals surface area contributed by atoms with Gasteiger partial charge in [-0.25, -0.2) is 0 Å². The fraction of sp³-hybridized carbons (Fsp3) is 0.222. The minimum absolute atomic E-state index is 0.0784. The summed E-state index contributed by atoms with van der Waals surface area (Å²) in [6, 6.07) is 14.0. The van der Waals surface area contributed by atoms with Crippen molar-refractivity contribution in [1.29, 1.82) is 0 Å². The first-order valence-electron chi connectivity index (χ1n) is 10.2. The van der Waals surface area contributed by atoms with E-state index < -0.39 is 0 Å². The van der Waals surface area contributed by atoms with E-state index in [9.17, 15) is 4.79 Å². The predicted octanol–water partition coefficient (Wildman–Crippen LogP) is 5.89. The highest BCUT2D eigenvalue weighted by Crippen LogP contribution is 2.18. The van der Waals surface area contributed by atoms with Crippen molar-refractivity contribution in [2.75, 3.05) is 26.4 Å². The van der Waals surface area contributed by atoms with Gasteiger partial charge in [-0.3, -0.25) is 4.79 Å². The summed E-state index contributed by atoms with van der Waals surface area (Å²) in [5.74, 6) is 2.34. The normalized spacial score (nSPS) is 10.1. The first-order valence-corrected chi connectivity index (χ1v) is 10.2. The Labute approximate surface area is 190 Å². The Morgan fingerprint density at radius 3 is 1.28 bits per heavy atom. The van der Waals surface area contributed by atoms with Gasteiger partial charge in [0, 0.05) is 11.1 Å². The van der Waals surface area contributed by atoms with E-state index in [-0.39, 0.29) is 5.78 Å². The van der Waals surface area contributed by atoms with Crippen LogP contribution in [0.1, 0.15) is 29.8 Å². The number of carbonyl (C=O) groups is 1. The number of carbonyl (C=O) groups excluding carboxylic acids is 1. The highest BCUT2D eigenvalue weighted by molar-refractivity contribution is 6.09. The molecule has 0 aliphatic rings. The molecule has 168 valence electrons. The van der Waals surface area contributed by atoms with Crippen LogP contribution in [0.15, 0.2) is 97.5 Å². The number of rotatable bonds is 14. The molecule has 0 aromatic heterocycles. The summed E-state index contributed by atoms with van der Waals surface area (Å²) in [6.07, 6.45) is 0. The van der Waals surface area contributed by atoms with E-state index in [4.69, 9.17) is 18.9 Å². The van der Waals surface area contributed by atoms with Crippen molar-refractivity contribution in [2.45, 2.75) is 13.8 Å². The maximum atomic E-state index is 12.7. The summed E-state index contributed by atoms with van der Waals surface area (Å²) < 4.78 is 22.1. The smallest absolute Gasteiger partial charge is 0.193 e. The van der Waals surface area contributed by atoms with Crippen LogP contribution in [0.4, 0.5) is 0 Å². The molecule has 0 unspecified atom stereocenters. The Morgan fingerprint density at radius 1 is 0.625 bits per heavy atom. The fourth-order valence-electron chi connectivity index (χ4n) is 2.47. The summed E-state index contributed by atoms with van der Waals surface area (Å²) in [5, 5.41) is 0. The molecule has 2 aromatic rings. The van der Waals surface area contributed by atoms with Crippen molar-refractivity contribution < 1.29 is 23.7 Å². The third-order valence-electron chi connectivity index (χ3n) is 4.44. The molecule has 5 heteroatoms. The van der Waals surface area contributed by atoms with Crippen molar-refractivity contribution in [2.24, 2.45) is 0 Å². The zero-order valence-corrected chi connectivity index (χ0v) is 18.8. The van der Waals surface area contributed by atoms with Crippen LogP contribution >= 0.6 is 0 Å². The van der Waals surface area contributed by atoms with Gasteiger partial charge in [-0.05, 0) is 73.5 Å². The van der Waals surface area contributed by atoms with Crippen LogP contribution in [0.25, 0.3) is 0 Å². The van der Waals surface area contributed by atoms with Gasteiger partial charge in [0.1, 0.15) is 49.4 Å². The average molecular weight is 435 g/mol. The van der Waals surface area contributed by atoms with Crippen molar-refractivity contribution in [3.05, 3.63) is 109 Å². The zero-order valence-electron chi connectivity index (χ0n) is 18.8. The Kier molecular flexibility index (Phi) is 9.36. The molecule has 0 fully saturated rings. The maximum absolute atomic E-state index is 12.7. The second-order valence-electron chi connectivity index (χ2n) is 7.18. The van der Waals surface area contributed by atoms with Gasteiger partial charge in [-0.1, -0.05) is 26.3 Å². The van der Waals surface area contributed by atoms with Crippen molar-refractivity contribution in [1.82, 2.24) is 0 Å². The summed E-state index contributed by atoms with van der Waals surface area (Å²) in [5.41, 5.74) is 2.71. The molecule has 0 spiro atoms. The number of hydrogen-bond donors (Lipinski definition) is 0. The van der Waals surface area contributed by atoms with E-state index in [2.05, 4.69) is 26.3 Å². The lowest BCUT2D eigenvalue weighted by atomic mass is 10.0. The van der Waals surface area contributed by atoms with E-state index in [0.717, 1.165) is 11.1 Å². The third kappa shape index (κ3) is 7.84. The molecule has 0 bridgehead atoms. The highest BCUT2D eigenvalue weighted by Gasteiger charge is 2.10. The number of allylic oxidation sites excluding steroid dienone is 2. The van der Waals surface area contributed by atoms with Crippen LogP contribution in [0.3, 0.4) is 0 Å². The number of benzene rings is 2. The minimum Gasteiger partial charge on any atom is -0.490 e. The van der Waals surface area contributed by atoms with Crippen LogP contribution in [0.2, 0.25) is 0 Å². The lowest BCUT2D eigenvalue weighted by molar-refractivity contribution is 0.103. The van der Waals surface area contributed by atoms with E-state index in [1.807, 2.05) is 13.8 Å². The molecule has 0 aliphatic heterocycles. The van der Waals surface area contributed by atoms with Crippen LogP contribution in [-0.2, 0) is 9.47 Å². The quantitative estimate of drug-likeness (QED) is 0.161. The monoisotopic (exact) mass is 434 g/mol. The molecule has 32 heavy (non-hydrogen) atoms. The molecule has 0 saturated carbocycles. The summed E-state index contributed by atoms with van der Waals surface area (Å²) >= 11 is 0. The van der Waals surface area contributed by atoms with Crippen LogP contribution < -0.4 is 9.47 Å². The Morgan fingerprint density at radius 2 is 0.969 bits per heavy atom. The van der Waals surface area contributed by atoms with Crippen LogP contribution in [0, 0.1) is 0 Å². The first kappa shape index (κ1) is 24.5. The van der Waals surface area contributed by atoms with E-state index in [1.54, 1.807) is 48.5 Å². The van der Waals surface area contributed by atoms with Gasteiger partial charge in [-0.2, -0.15) is 0 Å². The minimum atomic E-state index is -0.0784. The standard InChI is InChI=1S/C27H30O5/c1-19(2)21(5)29-15-17-31-25-11-7-23(8-12-25)27(28)24-9-13-26(14-10-24)32-18-16-30-22(6)20(3)4/h7-14H,1,3,5-6,15-18H2,2,4H3. The Bertz CT molecular complexity index is 889. The molecule has 0 heterocycles. The predicted molar refractivity (Wildman–Crippen MR) is 127 cm³/mol. The SMILES string of the molecule is C=C(C)C(=C)OCCOc1ccc(C(=O)c2ccc(OCCOC(=C)C(=C)C)cc2)cc1. The largest absolute Gasteiger partial charge is 0.490 e. The van der Waals surface area contributed by atoms with Gasteiger partial charge in [-0.15, -0.1) is 0 Å². The first-order chi connectivity index (χ1) is 15.3.